The summed E-state index contributed by atoms with van der Waals surface area (Å²) in [6.45, 7) is 3.60. The van der Waals surface area contributed by atoms with Gasteiger partial charge in [-0.05, 0) is 103 Å². The smallest absolute Gasteiger partial charge is 0.220 e. The lowest BCUT2D eigenvalue weighted by atomic mass is 9.99. The summed E-state index contributed by atoms with van der Waals surface area (Å²) in [5.41, 5.74) is 0. The Bertz CT molecular complexity index is 1490. The molecule has 0 saturated carbocycles. The summed E-state index contributed by atoms with van der Waals surface area (Å²) in [5, 5.41) is 54.3. The minimum absolute atomic E-state index is 0.204. The van der Waals surface area contributed by atoms with Gasteiger partial charge in [-0.1, -0.05) is 206 Å². The fourth-order valence-corrected chi connectivity index (χ4v) is 7.70. The number of unbranched alkanes of at least 4 members (excludes halogenated alkanes) is 16. The van der Waals surface area contributed by atoms with Gasteiger partial charge in [0.15, 0.2) is 6.29 Å². The third kappa shape index (κ3) is 38.0. The summed E-state index contributed by atoms with van der Waals surface area (Å²) in [7, 11) is 0. The Kier molecular flexibility index (Phi) is 44.5. The topological polar surface area (TPSA) is 149 Å². The molecule has 0 radical (unpaired) electrons. The lowest BCUT2D eigenvalue weighted by molar-refractivity contribution is -0.302. The molecule has 0 bridgehead atoms. The Labute approximate surface area is 420 Å². The van der Waals surface area contributed by atoms with E-state index in [1.165, 1.54) is 64.2 Å². The number of hydrogen-bond acceptors (Lipinski definition) is 8. The van der Waals surface area contributed by atoms with Crippen LogP contribution in [0.15, 0.2) is 122 Å². The monoisotopic (exact) mass is 962 g/mol. The van der Waals surface area contributed by atoms with E-state index >= 15 is 0 Å². The summed E-state index contributed by atoms with van der Waals surface area (Å²) in [5.74, 6) is -0.204. The normalized spacial score (nSPS) is 20.5. The van der Waals surface area contributed by atoms with Crippen molar-refractivity contribution in [2.24, 2.45) is 0 Å². The van der Waals surface area contributed by atoms with Crippen molar-refractivity contribution in [1.82, 2.24) is 5.32 Å². The van der Waals surface area contributed by atoms with Crippen LogP contribution in [-0.2, 0) is 14.3 Å². The van der Waals surface area contributed by atoms with Gasteiger partial charge in [0, 0.05) is 6.42 Å². The van der Waals surface area contributed by atoms with Crippen molar-refractivity contribution in [2.45, 2.75) is 236 Å². The Hall–Kier alpha value is -3.41. The van der Waals surface area contributed by atoms with Crippen molar-refractivity contribution in [2.75, 3.05) is 13.2 Å². The SMILES string of the molecule is CC/C=C\C/C=C\C/C=C\C/C=C\C/C=C\C/C=C\C/C=C\CCCCCCCCCCCC(=O)NC(COC1OC(CO)C(O)C(O)C1O)C(O)/C=C/CC/C=C/CC/C=C/CCCCCCC. The van der Waals surface area contributed by atoms with E-state index in [2.05, 4.69) is 129 Å². The van der Waals surface area contributed by atoms with Gasteiger partial charge in [0.1, 0.15) is 24.4 Å². The Morgan fingerprint density at radius 1 is 0.507 bits per heavy atom. The summed E-state index contributed by atoms with van der Waals surface area (Å²) in [6.07, 6.45) is 65.4. The minimum Gasteiger partial charge on any atom is -0.394 e. The zero-order valence-corrected chi connectivity index (χ0v) is 43.3. The number of rotatable bonds is 44. The van der Waals surface area contributed by atoms with Crippen LogP contribution in [0.2, 0.25) is 0 Å². The van der Waals surface area contributed by atoms with Crippen LogP contribution in [0.1, 0.15) is 194 Å². The van der Waals surface area contributed by atoms with Gasteiger partial charge in [0.25, 0.3) is 0 Å². The second-order valence-corrected chi connectivity index (χ2v) is 18.3. The highest BCUT2D eigenvalue weighted by Crippen LogP contribution is 2.22. The van der Waals surface area contributed by atoms with E-state index in [9.17, 15) is 30.3 Å². The molecule has 7 unspecified atom stereocenters. The van der Waals surface area contributed by atoms with E-state index < -0.39 is 49.5 Å². The maximum atomic E-state index is 13.0. The lowest BCUT2D eigenvalue weighted by Gasteiger charge is -2.40. The molecule has 0 aromatic heterocycles. The molecule has 1 fully saturated rings. The van der Waals surface area contributed by atoms with Crippen LogP contribution >= 0.6 is 0 Å². The number of carbonyl (C=O) groups is 1. The number of carbonyl (C=O) groups excluding carboxylic acids is 1. The molecule has 1 aliphatic rings. The summed E-state index contributed by atoms with van der Waals surface area (Å²) >= 11 is 0. The number of nitrogens with one attached hydrogen (secondary N) is 1. The molecule has 0 spiro atoms. The predicted octanol–water partition coefficient (Wildman–Crippen LogP) is 13.2. The van der Waals surface area contributed by atoms with Crippen molar-refractivity contribution < 1.29 is 39.8 Å². The molecule has 9 heteroatoms. The second-order valence-electron chi connectivity index (χ2n) is 18.3. The molecule has 6 N–H and O–H groups in total. The third-order valence-electron chi connectivity index (χ3n) is 12.0. The first-order valence-corrected chi connectivity index (χ1v) is 27.3. The molecule has 1 heterocycles. The average Bonchev–Trinajstić information content (AvgIpc) is 3.35. The molecule has 1 aliphatic heterocycles. The van der Waals surface area contributed by atoms with E-state index in [0.29, 0.717) is 6.42 Å². The van der Waals surface area contributed by atoms with Crippen molar-refractivity contribution in [3.8, 4) is 0 Å². The minimum atomic E-state index is -1.58. The molecular formula is C60H99NO8. The molecule has 69 heavy (non-hydrogen) atoms. The van der Waals surface area contributed by atoms with Gasteiger partial charge >= 0.3 is 0 Å². The number of ether oxygens (including phenoxy) is 2. The molecule has 7 atom stereocenters. The average molecular weight is 962 g/mol. The van der Waals surface area contributed by atoms with Crippen LogP contribution in [0, 0.1) is 0 Å². The van der Waals surface area contributed by atoms with Crippen molar-refractivity contribution >= 4 is 5.91 Å². The molecule has 0 aromatic carbocycles. The van der Waals surface area contributed by atoms with E-state index in [1.54, 1.807) is 6.08 Å². The van der Waals surface area contributed by atoms with E-state index in [0.717, 1.165) is 109 Å². The summed E-state index contributed by atoms with van der Waals surface area (Å²) in [4.78, 5) is 13.0. The van der Waals surface area contributed by atoms with Crippen LogP contribution in [0.25, 0.3) is 0 Å². The maximum absolute atomic E-state index is 13.0. The van der Waals surface area contributed by atoms with Gasteiger partial charge in [-0.3, -0.25) is 4.79 Å². The number of hydrogen-bond donors (Lipinski definition) is 6. The first-order valence-electron chi connectivity index (χ1n) is 27.3. The van der Waals surface area contributed by atoms with Crippen LogP contribution in [0.5, 0.6) is 0 Å². The molecule has 1 amide bonds. The Morgan fingerprint density at radius 2 is 0.913 bits per heavy atom. The van der Waals surface area contributed by atoms with Crippen molar-refractivity contribution in [3.63, 3.8) is 0 Å². The zero-order valence-electron chi connectivity index (χ0n) is 43.3. The molecular weight excluding hydrogens is 863 g/mol. The van der Waals surface area contributed by atoms with Crippen molar-refractivity contribution in [3.05, 3.63) is 122 Å². The lowest BCUT2D eigenvalue weighted by Crippen LogP contribution is -2.60. The summed E-state index contributed by atoms with van der Waals surface area (Å²) in [6, 6.07) is -0.840. The number of aliphatic hydroxyl groups excluding tert-OH is 5. The third-order valence-corrected chi connectivity index (χ3v) is 12.0. The highest BCUT2D eigenvalue weighted by molar-refractivity contribution is 5.76. The van der Waals surface area contributed by atoms with Crippen LogP contribution in [0.3, 0.4) is 0 Å². The van der Waals surface area contributed by atoms with Gasteiger partial charge in [0.2, 0.25) is 5.91 Å². The van der Waals surface area contributed by atoms with Crippen molar-refractivity contribution in [1.29, 1.82) is 0 Å². The molecule has 1 rings (SSSR count). The van der Waals surface area contributed by atoms with E-state index in [-0.39, 0.29) is 12.5 Å². The standard InChI is InChI=1S/C60H99NO8/c1-3-5-7-9-11-13-15-17-19-20-21-22-23-24-25-26-27-28-29-30-31-32-33-34-36-38-40-42-44-46-48-50-56(64)61-53(52-68-60-59(67)58(66)57(65)55(51-62)69-60)54(63)49-47-45-43-41-39-37-35-18-16-14-12-10-8-6-4-2/h5,7,11,13,16-19,21-22,24-25,27-28,30-31,39,41,47,49,53-55,57-60,62-63,65-67H,3-4,6,8-10,12,14-15,20,23,26,29,32-38,40,42-46,48,50-52H2,1-2H3,(H,61,64)/b7-5-,13-11-,18-16+,19-17-,22-21-,25-24-,28-27-,31-30-,41-39+,49-47+. The van der Waals surface area contributed by atoms with E-state index in [1.807, 2.05) is 6.08 Å². The quantitative estimate of drug-likeness (QED) is 0.0261. The highest BCUT2D eigenvalue weighted by atomic mass is 16.7. The number of allylic oxidation sites excluding steroid dienone is 19. The second kappa shape index (κ2) is 48.2. The summed E-state index contributed by atoms with van der Waals surface area (Å²) < 4.78 is 11.2. The molecule has 1 saturated heterocycles. The molecule has 9 nitrogen and oxygen atoms in total. The van der Waals surface area contributed by atoms with Gasteiger partial charge < -0.3 is 40.3 Å². The van der Waals surface area contributed by atoms with Gasteiger partial charge in [0.05, 0.1) is 25.4 Å². The van der Waals surface area contributed by atoms with E-state index in [4.69, 9.17) is 9.47 Å². The fourth-order valence-electron chi connectivity index (χ4n) is 7.70. The van der Waals surface area contributed by atoms with Crippen LogP contribution in [-0.4, -0.2) is 87.5 Å². The van der Waals surface area contributed by atoms with Gasteiger partial charge in [-0.25, -0.2) is 0 Å². The molecule has 392 valence electrons. The predicted molar refractivity (Wildman–Crippen MR) is 290 cm³/mol. The first kappa shape index (κ1) is 63.6. The zero-order chi connectivity index (χ0) is 50.1. The van der Waals surface area contributed by atoms with Crippen LogP contribution in [0.4, 0.5) is 0 Å². The highest BCUT2D eigenvalue weighted by Gasteiger charge is 2.44. The number of aliphatic hydroxyl groups is 5. The first-order chi connectivity index (χ1) is 33.8. The fraction of sp³-hybridized carbons (Fsp3) is 0.650. The largest absolute Gasteiger partial charge is 0.394 e. The molecule has 0 aromatic rings. The van der Waals surface area contributed by atoms with Gasteiger partial charge in [-0.15, -0.1) is 0 Å². The molecule has 0 aliphatic carbocycles. The number of amides is 1. The Morgan fingerprint density at radius 3 is 1.39 bits per heavy atom. The van der Waals surface area contributed by atoms with Gasteiger partial charge in [-0.2, -0.15) is 0 Å². The Balaban J connectivity index is 2.25. The maximum Gasteiger partial charge on any atom is 0.220 e. The van der Waals surface area contributed by atoms with Crippen LogP contribution < -0.4 is 5.32 Å².